The van der Waals surface area contributed by atoms with E-state index in [9.17, 15) is 4.39 Å². The summed E-state index contributed by atoms with van der Waals surface area (Å²) in [7, 11) is 1.76. The number of hydrogen-bond acceptors (Lipinski definition) is 5. The molecular formula is C18H23FN6O. The summed E-state index contributed by atoms with van der Waals surface area (Å²) in [6.07, 6.45) is 3.32. The normalized spacial score (nSPS) is 15.1. The molecule has 3 heterocycles. The lowest BCUT2D eigenvalue weighted by atomic mass is 10.3. The lowest BCUT2D eigenvalue weighted by molar-refractivity contribution is 0.288. The third-order valence-corrected chi connectivity index (χ3v) is 4.11. The van der Waals surface area contributed by atoms with Crippen LogP contribution < -0.4 is 15.0 Å². The van der Waals surface area contributed by atoms with E-state index in [-0.39, 0.29) is 5.88 Å². The van der Waals surface area contributed by atoms with Gasteiger partial charge in [0.05, 0.1) is 6.54 Å². The van der Waals surface area contributed by atoms with E-state index in [4.69, 9.17) is 4.74 Å². The van der Waals surface area contributed by atoms with Gasteiger partial charge in [-0.15, -0.1) is 0 Å². The number of piperazine rings is 1. The van der Waals surface area contributed by atoms with E-state index in [1.165, 1.54) is 18.3 Å². The summed E-state index contributed by atoms with van der Waals surface area (Å²) in [5.74, 6) is 1.38. The first kappa shape index (κ1) is 17.9. The van der Waals surface area contributed by atoms with Crippen molar-refractivity contribution < 1.29 is 9.13 Å². The van der Waals surface area contributed by atoms with E-state index in [1.807, 2.05) is 24.4 Å². The molecule has 7 nitrogen and oxygen atoms in total. The van der Waals surface area contributed by atoms with Crippen LogP contribution in [-0.2, 0) is 0 Å². The molecule has 0 amide bonds. The molecule has 3 rings (SSSR count). The van der Waals surface area contributed by atoms with Gasteiger partial charge in [-0.05, 0) is 24.3 Å². The molecule has 26 heavy (non-hydrogen) atoms. The number of nitrogens with zero attached hydrogens (tertiary/aromatic N) is 5. The predicted molar refractivity (Wildman–Crippen MR) is 99.1 cm³/mol. The van der Waals surface area contributed by atoms with Crippen LogP contribution in [0.15, 0.2) is 47.7 Å². The highest BCUT2D eigenvalue weighted by Crippen LogP contribution is 2.13. The van der Waals surface area contributed by atoms with Crippen molar-refractivity contribution in [3.05, 3.63) is 48.5 Å². The third kappa shape index (κ3) is 4.59. The van der Waals surface area contributed by atoms with E-state index in [0.29, 0.717) is 13.2 Å². The summed E-state index contributed by atoms with van der Waals surface area (Å²) >= 11 is 0. The Morgan fingerprint density at radius 2 is 1.96 bits per heavy atom. The van der Waals surface area contributed by atoms with Gasteiger partial charge in [-0.3, -0.25) is 4.99 Å². The van der Waals surface area contributed by atoms with Gasteiger partial charge < -0.3 is 19.9 Å². The van der Waals surface area contributed by atoms with Gasteiger partial charge in [0.15, 0.2) is 11.8 Å². The van der Waals surface area contributed by atoms with E-state index in [0.717, 1.165) is 38.0 Å². The Hall–Kier alpha value is -2.90. The molecule has 0 saturated carbocycles. The van der Waals surface area contributed by atoms with Crippen LogP contribution in [0.1, 0.15) is 0 Å². The Kier molecular flexibility index (Phi) is 6.19. The number of aromatic nitrogens is 2. The van der Waals surface area contributed by atoms with Crippen molar-refractivity contribution in [2.75, 3.05) is 51.3 Å². The van der Waals surface area contributed by atoms with Crippen molar-refractivity contribution in [1.82, 2.24) is 20.2 Å². The molecular weight excluding hydrogens is 335 g/mol. The molecule has 1 N–H and O–H groups in total. The van der Waals surface area contributed by atoms with Crippen LogP contribution in [0.3, 0.4) is 0 Å². The zero-order chi connectivity index (χ0) is 18.2. The molecule has 138 valence electrons. The van der Waals surface area contributed by atoms with Crippen LogP contribution >= 0.6 is 0 Å². The second-order valence-electron chi connectivity index (χ2n) is 5.77. The number of guanidine groups is 1. The van der Waals surface area contributed by atoms with Gasteiger partial charge in [0.2, 0.25) is 5.88 Å². The van der Waals surface area contributed by atoms with Crippen LogP contribution in [0, 0.1) is 5.82 Å². The first-order valence-corrected chi connectivity index (χ1v) is 8.63. The fourth-order valence-electron chi connectivity index (χ4n) is 2.81. The zero-order valence-corrected chi connectivity index (χ0v) is 14.8. The Morgan fingerprint density at radius 3 is 2.65 bits per heavy atom. The van der Waals surface area contributed by atoms with Gasteiger partial charge >= 0.3 is 0 Å². The lowest BCUT2D eigenvalue weighted by Gasteiger charge is -2.37. The lowest BCUT2D eigenvalue weighted by Crippen LogP contribution is -2.53. The SMILES string of the molecule is CN=C(NCCOc1ncccc1F)N1CCN(c2ccccn2)CC1. The highest BCUT2D eigenvalue weighted by molar-refractivity contribution is 5.80. The maximum atomic E-state index is 13.5. The minimum Gasteiger partial charge on any atom is -0.474 e. The summed E-state index contributed by atoms with van der Waals surface area (Å²) < 4.78 is 18.8. The minimum atomic E-state index is -0.456. The molecule has 0 aromatic carbocycles. The molecule has 2 aromatic heterocycles. The Balaban J connectivity index is 1.43. The molecule has 0 aliphatic carbocycles. The van der Waals surface area contributed by atoms with Gasteiger partial charge in [0.1, 0.15) is 12.4 Å². The quantitative estimate of drug-likeness (QED) is 0.495. The van der Waals surface area contributed by atoms with Crippen molar-refractivity contribution >= 4 is 11.8 Å². The molecule has 1 aliphatic rings. The maximum Gasteiger partial charge on any atom is 0.250 e. The molecule has 8 heteroatoms. The number of halogens is 1. The van der Waals surface area contributed by atoms with Crippen molar-refractivity contribution in [2.24, 2.45) is 4.99 Å². The summed E-state index contributed by atoms with van der Waals surface area (Å²) in [6.45, 7) is 4.29. The summed E-state index contributed by atoms with van der Waals surface area (Å²) in [6, 6.07) is 8.81. The molecule has 0 radical (unpaired) electrons. The van der Waals surface area contributed by atoms with Crippen LogP contribution in [0.2, 0.25) is 0 Å². The van der Waals surface area contributed by atoms with Crippen LogP contribution in [0.4, 0.5) is 10.2 Å². The van der Waals surface area contributed by atoms with Crippen molar-refractivity contribution in [3.63, 3.8) is 0 Å². The fraction of sp³-hybridized carbons (Fsp3) is 0.389. The molecule has 1 fully saturated rings. The van der Waals surface area contributed by atoms with E-state index < -0.39 is 5.82 Å². The van der Waals surface area contributed by atoms with Gasteiger partial charge in [0.25, 0.3) is 0 Å². The molecule has 1 saturated heterocycles. The van der Waals surface area contributed by atoms with Crippen LogP contribution in [0.5, 0.6) is 5.88 Å². The highest BCUT2D eigenvalue weighted by Gasteiger charge is 2.20. The molecule has 0 spiro atoms. The fourth-order valence-corrected chi connectivity index (χ4v) is 2.81. The van der Waals surface area contributed by atoms with E-state index in [2.05, 4.69) is 30.1 Å². The zero-order valence-electron chi connectivity index (χ0n) is 14.8. The second-order valence-corrected chi connectivity index (χ2v) is 5.77. The Bertz CT molecular complexity index is 719. The van der Waals surface area contributed by atoms with Gasteiger partial charge in [-0.1, -0.05) is 6.07 Å². The first-order chi connectivity index (χ1) is 12.8. The topological polar surface area (TPSA) is 65.9 Å². The maximum absolute atomic E-state index is 13.5. The predicted octanol–water partition coefficient (Wildman–Crippen LogP) is 1.39. The first-order valence-electron chi connectivity index (χ1n) is 8.63. The number of nitrogens with one attached hydrogen (secondary N) is 1. The minimum absolute atomic E-state index is 0.0215. The average molecular weight is 358 g/mol. The summed E-state index contributed by atoms with van der Waals surface area (Å²) in [4.78, 5) is 17.0. The summed E-state index contributed by atoms with van der Waals surface area (Å²) in [5.41, 5.74) is 0. The number of rotatable bonds is 5. The number of ether oxygens (including phenoxy) is 1. The Morgan fingerprint density at radius 1 is 1.15 bits per heavy atom. The molecule has 0 unspecified atom stereocenters. The van der Waals surface area contributed by atoms with Crippen molar-refractivity contribution in [3.8, 4) is 5.88 Å². The number of hydrogen-bond donors (Lipinski definition) is 1. The van der Waals surface area contributed by atoms with Gasteiger partial charge in [-0.2, -0.15) is 0 Å². The number of aliphatic imine (C=N–C) groups is 1. The van der Waals surface area contributed by atoms with Gasteiger partial charge in [0, 0.05) is 45.6 Å². The van der Waals surface area contributed by atoms with Crippen molar-refractivity contribution in [2.45, 2.75) is 0 Å². The smallest absolute Gasteiger partial charge is 0.250 e. The standard InChI is InChI=1S/C18H23FN6O/c1-20-18(23-9-14-26-17-15(19)5-4-8-22-17)25-12-10-24(11-13-25)16-6-2-3-7-21-16/h2-8H,9-14H2,1H3,(H,20,23). The third-order valence-electron chi connectivity index (χ3n) is 4.11. The monoisotopic (exact) mass is 358 g/mol. The van der Waals surface area contributed by atoms with Crippen molar-refractivity contribution in [1.29, 1.82) is 0 Å². The molecule has 1 aliphatic heterocycles. The average Bonchev–Trinajstić information content (AvgIpc) is 2.70. The number of anilines is 1. The second kappa shape index (κ2) is 8.98. The molecule has 0 atom stereocenters. The Labute approximate surface area is 152 Å². The van der Waals surface area contributed by atoms with Crippen LogP contribution in [0.25, 0.3) is 0 Å². The van der Waals surface area contributed by atoms with Gasteiger partial charge in [-0.25, -0.2) is 14.4 Å². The molecule has 0 bridgehead atoms. The van der Waals surface area contributed by atoms with Crippen LogP contribution in [-0.4, -0.2) is 67.2 Å². The molecule has 2 aromatic rings. The highest BCUT2D eigenvalue weighted by atomic mass is 19.1. The number of pyridine rings is 2. The van der Waals surface area contributed by atoms with E-state index in [1.54, 1.807) is 7.05 Å². The van der Waals surface area contributed by atoms with E-state index >= 15 is 0 Å². The largest absolute Gasteiger partial charge is 0.474 e. The summed E-state index contributed by atoms with van der Waals surface area (Å²) in [5, 5.41) is 3.25.